The summed E-state index contributed by atoms with van der Waals surface area (Å²) >= 11 is 0. The van der Waals surface area contributed by atoms with Crippen LogP contribution in [0.1, 0.15) is 30.4 Å². The molecule has 0 aliphatic heterocycles. The van der Waals surface area contributed by atoms with E-state index in [4.69, 9.17) is 35.2 Å². The summed E-state index contributed by atoms with van der Waals surface area (Å²) in [5.74, 6) is 0.667. The Labute approximate surface area is 212 Å². The smallest absolute Gasteiger partial charge is 0.328 e. The molecule has 0 bridgehead atoms. The second-order valence-electron chi connectivity index (χ2n) is 7.85. The van der Waals surface area contributed by atoms with Crippen LogP contribution in [0.25, 0.3) is 6.08 Å². The summed E-state index contributed by atoms with van der Waals surface area (Å²) in [4.78, 5) is 12.4. The number of methoxy groups -OCH3 is 4. The van der Waals surface area contributed by atoms with Gasteiger partial charge in [-0.25, -0.2) is 13.2 Å². The van der Waals surface area contributed by atoms with E-state index in [1.165, 1.54) is 46.6 Å². The van der Waals surface area contributed by atoms with Crippen LogP contribution in [0.3, 0.4) is 0 Å². The Morgan fingerprint density at radius 3 is 2.11 bits per heavy atom. The minimum absolute atomic E-state index is 0.0898. The van der Waals surface area contributed by atoms with Gasteiger partial charge in [-0.3, -0.25) is 0 Å². The van der Waals surface area contributed by atoms with Crippen LogP contribution >= 0.6 is 0 Å². The van der Waals surface area contributed by atoms with Gasteiger partial charge in [0, 0.05) is 17.5 Å². The summed E-state index contributed by atoms with van der Waals surface area (Å²) in [7, 11) is 2.11. The predicted octanol–water partition coefficient (Wildman–Crippen LogP) is 2.67. The van der Waals surface area contributed by atoms with Crippen LogP contribution in [0.2, 0.25) is 0 Å². The number of hydrogen-bond acceptors (Lipinski definition) is 10. The first-order chi connectivity index (χ1) is 17.2. The van der Waals surface area contributed by atoms with Gasteiger partial charge in [-0.1, -0.05) is 12.5 Å². The highest BCUT2D eigenvalue weighted by atomic mass is 32.2. The normalized spacial score (nSPS) is 12.3. The van der Waals surface area contributed by atoms with E-state index in [-0.39, 0.29) is 17.3 Å². The minimum atomic E-state index is -3.74. The van der Waals surface area contributed by atoms with Crippen molar-refractivity contribution in [3.05, 3.63) is 46.9 Å². The van der Waals surface area contributed by atoms with Crippen molar-refractivity contribution in [2.24, 2.45) is 11.5 Å². The fraction of sp³-hybridized carbons (Fsp3) is 0.400. The van der Waals surface area contributed by atoms with E-state index in [1.54, 1.807) is 18.2 Å². The zero-order chi connectivity index (χ0) is 26.7. The van der Waals surface area contributed by atoms with Crippen molar-refractivity contribution in [2.75, 3.05) is 35.0 Å². The Morgan fingerprint density at radius 2 is 1.56 bits per heavy atom. The Balaban J connectivity index is 2.24. The van der Waals surface area contributed by atoms with Gasteiger partial charge in [0.25, 0.3) is 0 Å². The lowest BCUT2D eigenvalue weighted by Crippen LogP contribution is -2.34. The first-order valence-electron chi connectivity index (χ1n) is 11.2. The van der Waals surface area contributed by atoms with Crippen molar-refractivity contribution in [2.45, 2.75) is 31.1 Å². The summed E-state index contributed by atoms with van der Waals surface area (Å²) in [6, 6.07) is 6.98. The molecule has 0 fully saturated rings. The van der Waals surface area contributed by atoms with Crippen LogP contribution < -0.4 is 35.2 Å². The number of carbonyl (C=O) groups excluding carboxylic acids is 1. The molecule has 4 N–H and O–H groups in total. The zero-order valence-corrected chi connectivity index (χ0v) is 21.8. The standard InChI is InChI=1S/C25H34N2O8S/c1-31-18-14-22(33-3)19(23(15-18)34-4)10-12-36(29,30)16-17-8-9-21(32-2)24(13-17)35-25(28)20(27)7-5-6-11-26/h8-10,12-15,20H,5-7,11,16,26-27H2,1-4H3/t20-/m1/s1. The maximum atomic E-state index is 12.9. The second-order valence-corrected chi connectivity index (χ2v) is 9.74. The average Bonchev–Trinajstić information content (AvgIpc) is 2.86. The number of nitrogens with two attached hydrogens (primary N) is 2. The van der Waals surface area contributed by atoms with Gasteiger partial charge >= 0.3 is 5.97 Å². The lowest BCUT2D eigenvalue weighted by molar-refractivity contribution is -0.136. The first-order valence-corrected chi connectivity index (χ1v) is 12.9. The highest BCUT2D eigenvalue weighted by Crippen LogP contribution is 2.35. The van der Waals surface area contributed by atoms with E-state index in [0.29, 0.717) is 47.8 Å². The molecule has 0 saturated heterocycles. The number of sulfone groups is 1. The van der Waals surface area contributed by atoms with Crippen molar-refractivity contribution in [3.63, 3.8) is 0 Å². The molecule has 2 aromatic carbocycles. The number of rotatable bonds is 14. The summed E-state index contributed by atoms with van der Waals surface area (Å²) in [5, 5.41) is 1.07. The van der Waals surface area contributed by atoms with E-state index in [1.807, 2.05) is 0 Å². The van der Waals surface area contributed by atoms with Crippen LogP contribution in [0, 0.1) is 0 Å². The molecule has 198 valence electrons. The van der Waals surface area contributed by atoms with Crippen LogP contribution in [-0.4, -0.2) is 55.4 Å². The van der Waals surface area contributed by atoms with Gasteiger partial charge in [0.2, 0.25) is 0 Å². The molecule has 10 nitrogen and oxygen atoms in total. The summed E-state index contributed by atoms with van der Waals surface area (Å²) < 4.78 is 52.3. The number of hydrogen-bond donors (Lipinski definition) is 2. The summed E-state index contributed by atoms with van der Waals surface area (Å²) in [5.41, 5.74) is 12.2. The van der Waals surface area contributed by atoms with Gasteiger partial charge in [-0.2, -0.15) is 0 Å². The Morgan fingerprint density at radius 1 is 0.917 bits per heavy atom. The average molecular weight is 523 g/mol. The Hall–Kier alpha value is -3.28. The Kier molecular flexibility index (Phi) is 11.0. The molecule has 11 heteroatoms. The third kappa shape index (κ3) is 8.14. The van der Waals surface area contributed by atoms with E-state index in [2.05, 4.69) is 0 Å². The lowest BCUT2D eigenvalue weighted by atomic mass is 10.1. The van der Waals surface area contributed by atoms with Crippen LogP contribution in [0.5, 0.6) is 28.7 Å². The quantitative estimate of drug-likeness (QED) is 0.215. The number of ether oxygens (including phenoxy) is 5. The molecule has 0 heterocycles. The van der Waals surface area contributed by atoms with Gasteiger partial charge < -0.3 is 35.2 Å². The van der Waals surface area contributed by atoms with Crippen LogP contribution in [0.4, 0.5) is 0 Å². The van der Waals surface area contributed by atoms with Crippen LogP contribution in [0.15, 0.2) is 35.7 Å². The van der Waals surface area contributed by atoms with E-state index >= 15 is 0 Å². The maximum Gasteiger partial charge on any atom is 0.328 e. The zero-order valence-electron chi connectivity index (χ0n) is 21.0. The molecule has 0 aliphatic rings. The van der Waals surface area contributed by atoms with Crippen molar-refractivity contribution in [3.8, 4) is 28.7 Å². The number of unbranched alkanes of at least 4 members (excludes halogenated alkanes) is 1. The van der Waals surface area contributed by atoms with Gasteiger partial charge in [0.15, 0.2) is 21.3 Å². The van der Waals surface area contributed by atoms with Crippen LogP contribution in [-0.2, 0) is 20.4 Å². The SMILES string of the molecule is COc1cc(OC)c(C=CS(=O)(=O)Cc2ccc(OC)c(OC(=O)[C@H](N)CCCCN)c2)c(OC)c1. The lowest BCUT2D eigenvalue weighted by Gasteiger charge is -2.14. The molecule has 0 unspecified atom stereocenters. The molecule has 2 aromatic rings. The van der Waals surface area contributed by atoms with Crippen molar-refractivity contribution < 1.29 is 36.9 Å². The molecule has 1 atom stereocenters. The van der Waals surface area contributed by atoms with Gasteiger partial charge in [0.1, 0.15) is 23.3 Å². The van der Waals surface area contributed by atoms with Gasteiger partial charge in [-0.15, -0.1) is 0 Å². The highest BCUT2D eigenvalue weighted by Gasteiger charge is 2.19. The van der Waals surface area contributed by atoms with E-state index in [9.17, 15) is 13.2 Å². The number of esters is 1. The molecule has 0 spiro atoms. The van der Waals surface area contributed by atoms with Gasteiger partial charge in [-0.05, 0) is 43.2 Å². The largest absolute Gasteiger partial charge is 0.496 e. The maximum absolute atomic E-state index is 12.9. The van der Waals surface area contributed by atoms with Crippen molar-refractivity contribution >= 4 is 21.9 Å². The fourth-order valence-electron chi connectivity index (χ4n) is 3.35. The molecular formula is C25H34N2O8S. The predicted molar refractivity (Wildman–Crippen MR) is 137 cm³/mol. The van der Waals surface area contributed by atoms with Gasteiger partial charge in [0.05, 0.1) is 39.8 Å². The first kappa shape index (κ1) is 29.0. The van der Waals surface area contributed by atoms with E-state index in [0.717, 1.165) is 11.8 Å². The second kappa shape index (κ2) is 13.7. The molecule has 0 aliphatic carbocycles. The minimum Gasteiger partial charge on any atom is -0.496 e. The monoisotopic (exact) mass is 522 g/mol. The van der Waals surface area contributed by atoms with Crippen molar-refractivity contribution in [1.82, 2.24) is 0 Å². The highest BCUT2D eigenvalue weighted by molar-refractivity contribution is 7.93. The molecule has 2 rings (SSSR count). The molecular weight excluding hydrogens is 488 g/mol. The molecule has 0 amide bonds. The third-order valence-corrected chi connectivity index (χ3v) is 6.56. The number of benzene rings is 2. The summed E-state index contributed by atoms with van der Waals surface area (Å²) in [6.07, 6.45) is 3.27. The topological polar surface area (TPSA) is 149 Å². The number of carbonyl (C=O) groups is 1. The Bertz CT molecular complexity index is 1140. The van der Waals surface area contributed by atoms with Crippen molar-refractivity contribution in [1.29, 1.82) is 0 Å². The molecule has 0 aromatic heterocycles. The summed E-state index contributed by atoms with van der Waals surface area (Å²) in [6.45, 7) is 0.512. The molecule has 0 saturated carbocycles. The molecule has 36 heavy (non-hydrogen) atoms. The third-order valence-electron chi connectivity index (χ3n) is 5.27. The van der Waals surface area contributed by atoms with E-state index < -0.39 is 21.8 Å². The fourth-order valence-corrected chi connectivity index (χ4v) is 4.43. The molecule has 0 radical (unpaired) electrons.